The van der Waals surface area contributed by atoms with Crippen LogP contribution < -0.4 is 5.48 Å². The summed E-state index contributed by atoms with van der Waals surface area (Å²) in [5, 5.41) is 0. The summed E-state index contributed by atoms with van der Waals surface area (Å²) in [6.07, 6.45) is 5.20. The summed E-state index contributed by atoms with van der Waals surface area (Å²) in [6.45, 7) is 7.08. The van der Waals surface area contributed by atoms with Gasteiger partial charge < -0.3 is 9.47 Å². The van der Waals surface area contributed by atoms with Gasteiger partial charge in [0.2, 0.25) is 0 Å². The van der Waals surface area contributed by atoms with Crippen LogP contribution in [0.1, 0.15) is 56.7 Å². The molecule has 1 N–H and O–H groups in total. The highest BCUT2D eigenvalue weighted by Crippen LogP contribution is 2.17. The number of hydrogen-bond acceptors (Lipinski definition) is 5. The highest BCUT2D eigenvalue weighted by molar-refractivity contribution is 5.90. The largest absolute Gasteiger partial charge is 0.444 e. The van der Waals surface area contributed by atoms with E-state index in [2.05, 4.69) is 5.48 Å². The van der Waals surface area contributed by atoms with E-state index < -0.39 is 5.60 Å². The third-order valence-corrected chi connectivity index (χ3v) is 5.08. The van der Waals surface area contributed by atoms with Crippen molar-refractivity contribution in [1.82, 2.24) is 10.4 Å². The zero-order chi connectivity index (χ0) is 24.4. The SMILES string of the molecule is CC(C)(C)OC(=O)N(Cc1ccccc1)Cc1ccc(/C=C/C(=O)NOC2CCCCO2)cc1. The van der Waals surface area contributed by atoms with Crippen LogP contribution in [0, 0.1) is 0 Å². The van der Waals surface area contributed by atoms with Crippen molar-refractivity contribution in [3.63, 3.8) is 0 Å². The summed E-state index contributed by atoms with van der Waals surface area (Å²) in [6, 6.07) is 17.5. The Kier molecular flexibility index (Phi) is 9.24. The molecule has 1 saturated heterocycles. The molecule has 1 aliphatic rings. The molecule has 7 heteroatoms. The smallest absolute Gasteiger partial charge is 0.410 e. The molecule has 7 nitrogen and oxygen atoms in total. The van der Waals surface area contributed by atoms with Crippen molar-refractivity contribution in [3.05, 3.63) is 77.4 Å². The molecule has 0 saturated carbocycles. The van der Waals surface area contributed by atoms with E-state index >= 15 is 0 Å². The number of carbonyl (C=O) groups is 2. The Morgan fingerprint density at radius 3 is 2.32 bits per heavy atom. The summed E-state index contributed by atoms with van der Waals surface area (Å²) in [4.78, 5) is 31.8. The van der Waals surface area contributed by atoms with Gasteiger partial charge in [0.25, 0.3) is 5.91 Å². The van der Waals surface area contributed by atoms with Crippen molar-refractivity contribution in [3.8, 4) is 0 Å². The van der Waals surface area contributed by atoms with Gasteiger partial charge in [-0.3, -0.25) is 9.69 Å². The van der Waals surface area contributed by atoms with Crippen LogP contribution in [0.2, 0.25) is 0 Å². The second-order valence-electron chi connectivity index (χ2n) is 9.28. The maximum Gasteiger partial charge on any atom is 0.410 e. The zero-order valence-electron chi connectivity index (χ0n) is 20.2. The summed E-state index contributed by atoms with van der Waals surface area (Å²) in [5.74, 6) is -0.350. The molecule has 1 unspecified atom stereocenters. The molecule has 0 bridgehead atoms. The van der Waals surface area contributed by atoms with Gasteiger partial charge in [-0.15, -0.1) is 0 Å². The fraction of sp³-hybridized carbons (Fsp3) is 0.407. The minimum absolute atomic E-state index is 0.350. The molecule has 34 heavy (non-hydrogen) atoms. The van der Waals surface area contributed by atoms with Crippen molar-refractivity contribution in [1.29, 1.82) is 0 Å². The number of nitrogens with one attached hydrogen (secondary N) is 1. The lowest BCUT2D eigenvalue weighted by Gasteiger charge is -2.27. The van der Waals surface area contributed by atoms with Crippen LogP contribution in [0.3, 0.4) is 0 Å². The second-order valence-corrected chi connectivity index (χ2v) is 9.28. The lowest BCUT2D eigenvalue weighted by molar-refractivity contribution is -0.198. The summed E-state index contributed by atoms with van der Waals surface area (Å²) < 4.78 is 11.0. The van der Waals surface area contributed by atoms with Crippen molar-refractivity contribution < 1.29 is 23.9 Å². The van der Waals surface area contributed by atoms with Crippen LogP contribution in [-0.2, 0) is 32.2 Å². The molecule has 2 aromatic rings. The summed E-state index contributed by atoms with van der Waals surface area (Å²) >= 11 is 0. The van der Waals surface area contributed by atoms with E-state index in [0.717, 1.165) is 36.0 Å². The first-order valence-corrected chi connectivity index (χ1v) is 11.6. The number of carbonyl (C=O) groups excluding carboxylic acids is 2. The average Bonchev–Trinajstić information content (AvgIpc) is 2.82. The maximum atomic E-state index is 12.8. The highest BCUT2D eigenvalue weighted by atomic mass is 16.8. The maximum absolute atomic E-state index is 12.8. The van der Waals surface area contributed by atoms with E-state index in [1.165, 1.54) is 6.08 Å². The van der Waals surface area contributed by atoms with Gasteiger partial charge in [-0.25, -0.2) is 15.1 Å². The van der Waals surface area contributed by atoms with E-state index in [4.69, 9.17) is 14.3 Å². The van der Waals surface area contributed by atoms with Crippen LogP contribution in [0.15, 0.2) is 60.7 Å². The Bertz CT molecular complexity index is 945. The Morgan fingerprint density at radius 1 is 1.03 bits per heavy atom. The van der Waals surface area contributed by atoms with Crippen molar-refractivity contribution in [2.45, 2.75) is 65.0 Å². The normalized spacial score (nSPS) is 16.3. The van der Waals surface area contributed by atoms with Crippen LogP contribution in [0.5, 0.6) is 0 Å². The van der Waals surface area contributed by atoms with Gasteiger partial charge in [0.15, 0.2) is 6.29 Å². The van der Waals surface area contributed by atoms with Crippen molar-refractivity contribution in [2.24, 2.45) is 0 Å². The molecule has 1 fully saturated rings. The molecule has 1 aliphatic heterocycles. The Hall–Kier alpha value is -3.16. The molecule has 1 atom stereocenters. The number of benzene rings is 2. The van der Waals surface area contributed by atoms with Gasteiger partial charge in [0, 0.05) is 32.2 Å². The third kappa shape index (κ3) is 9.00. The first-order valence-electron chi connectivity index (χ1n) is 11.6. The molecule has 0 aromatic heterocycles. The number of hydrogen-bond donors (Lipinski definition) is 1. The minimum atomic E-state index is -0.575. The average molecular weight is 467 g/mol. The topological polar surface area (TPSA) is 77.1 Å². The van der Waals surface area contributed by atoms with E-state index in [-0.39, 0.29) is 18.3 Å². The third-order valence-electron chi connectivity index (χ3n) is 5.08. The molecule has 0 radical (unpaired) electrons. The first-order chi connectivity index (χ1) is 16.3. The number of nitrogens with zero attached hydrogens (tertiary/aromatic N) is 1. The van der Waals surface area contributed by atoms with Crippen LogP contribution in [0.25, 0.3) is 6.08 Å². The van der Waals surface area contributed by atoms with Crippen LogP contribution in [-0.4, -0.2) is 35.4 Å². The zero-order valence-corrected chi connectivity index (χ0v) is 20.2. The highest BCUT2D eigenvalue weighted by Gasteiger charge is 2.22. The van der Waals surface area contributed by atoms with E-state index in [9.17, 15) is 9.59 Å². The molecular formula is C27H34N2O5. The number of amides is 2. The predicted molar refractivity (Wildman–Crippen MR) is 130 cm³/mol. The molecular weight excluding hydrogens is 432 g/mol. The first kappa shape index (κ1) is 25.5. The van der Waals surface area contributed by atoms with Gasteiger partial charge in [-0.05, 0) is 56.4 Å². The predicted octanol–water partition coefficient (Wildman–Crippen LogP) is 5.21. The Labute approximate surface area is 201 Å². The van der Waals surface area contributed by atoms with Gasteiger partial charge in [-0.2, -0.15) is 0 Å². The van der Waals surface area contributed by atoms with Gasteiger partial charge in [-0.1, -0.05) is 54.6 Å². The molecule has 2 amide bonds. The molecule has 182 valence electrons. The molecule has 0 spiro atoms. The fourth-order valence-corrected chi connectivity index (χ4v) is 3.40. The van der Waals surface area contributed by atoms with Gasteiger partial charge >= 0.3 is 6.09 Å². The lowest BCUT2D eigenvalue weighted by atomic mass is 10.1. The van der Waals surface area contributed by atoms with E-state index in [1.54, 1.807) is 11.0 Å². The number of hydroxylamine groups is 1. The Morgan fingerprint density at radius 2 is 1.71 bits per heavy atom. The number of rotatable bonds is 8. The van der Waals surface area contributed by atoms with Gasteiger partial charge in [0.05, 0.1) is 0 Å². The van der Waals surface area contributed by atoms with E-state index in [0.29, 0.717) is 19.7 Å². The Balaban J connectivity index is 1.57. The fourth-order valence-electron chi connectivity index (χ4n) is 3.40. The number of ether oxygens (including phenoxy) is 2. The summed E-state index contributed by atoms with van der Waals surface area (Å²) in [7, 11) is 0. The minimum Gasteiger partial charge on any atom is -0.444 e. The standard InChI is InChI=1S/C27H34N2O5/c1-27(2,3)33-26(31)29(19-22-9-5-4-6-10-22)20-23-14-12-21(13-15-23)16-17-24(30)28-34-25-11-7-8-18-32-25/h4-6,9-10,12-17,25H,7-8,11,18-20H2,1-3H3,(H,28,30)/b17-16+. The quantitative estimate of drug-likeness (QED) is 0.427. The monoisotopic (exact) mass is 466 g/mol. The van der Waals surface area contributed by atoms with Crippen LogP contribution in [0.4, 0.5) is 4.79 Å². The van der Waals surface area contributed by atoms with Crippen LogP contribution >= 0.6 is 0 Å². The molecule has 1 heterocycles. The molecule has 0 aliphatic carbocycles. The lowest BCUT2D eigenvalue weighted by Crippen LogP contribution is -2.36. The van der Waals surface area contributed by atoms with Gasteiger partial charge in [0.1, 0.15) is 5.60 Å². The van der Waals surface area contributed by atoms with E-state index in [1.807, 2.05) is 75.4 Å². The van der Waals surface area contributed by atoms with Crippen molar-refractivity contribution >= 4 is 18.1 Å². The molecule has 2 aromatic carbocycles. The summed E-state index contributed by atoms with van der Waals surface area (Å²) in [5.41, 5.74) is 4.68. The second kappa shape index (κ2) is 12.3. The molecule has 3 rings (SSSR count). The van der Waals surface area contributed by atoms with Crippen molar-refractivity contribution in [2.75, 3.05) is 6.61 Å².